The topological polar surface area (TPSA) is 24.9 Å². The van der Waals surface area contributed by atoms with Crippen molar-refractivity contribution in [2.24, 2.45) is 5.92 Å². The maximum absolute atomic E-state index is 13.1. The Hall–Kier alpha value is -0.910. The number of rotatable bonds is 7. The van der Waals surface area contributed by atoms with E-state index in [0.717, 1.165) is 28.7 Å². The first kappa shape index (κ1) is 15.5. The van der Waals surface area contributed by atoms with Gasteiger partial charge in [0.15, 0.2) is 0 Å². The smallest absolute Gasteiger partial charge is 0.124 e. The standard InChI is InChI=1S/C15H19FN2S2/c1-11(2)7-17-8-14-9-18-15(20-14)10-19-13-5-3-4-12(16)6-13/h3-6,9,11,17H,7-8,10H2,1-2H3. The van der Waals surface area contributed by atoms with Crippen LogP contribution in [0.5, 0.6) is 0 Å². The second-order valence-corrected chi connectivity index (χ2v) is 7.24. The van der Waals surface area contributed by atoms with Crippen LogP contribution in [0.2, 0.25) is 0 Å². The summed E-state index contributed by atoms with van der Waals surface area (Å²) >= 11 is 3.34. The molecule has 0 saturated heterocycles. The van der Waals surface area contributed by atoms with Crippen LogP contribution >= 0.6 is 23.1 Å². The highest BCUT2D eigenvalue weighted by atomic mass is 32.2. The van der Waals surface area contributed by atoms with E-state index in [-0.39, 0.29) is 5.82 Å². The molecule has 5 heteroatoms. The van der Waals surface area contributed by atoms with Crippen molar-refractivity contribution in [3.63, 3.8) is 0 Å². The van der Waals surface area contributed by atoms with Crippen molar-refractivity contribution < 1.29 is 4.39 Å². The maximum Gasteiger partial charge on any atom is 0.124 e. The lowest BCUT2D eigenvalue weighted by Gasteiger charge is -2.04. The fourth-order valence-corrected chi connectivity index (χ4v) is 3.52. The molecule has 0 amide bonds. The molecule has 108 valence electrons. The van der Waals surface area contributed by atoms with E-state index in [2.05, 4.69) is 24.1 Å². The molecule has 0 bridgehead atoms. The molecule has 0 fully saturated rings. The van der Waals surface area contributed by atoms with Crippen LogP contribution in [0.15, 0.2) is 35.4 Å². The lowest BCUT2D eigenvalue weighted by Crippen LogP contribution is -2.18. The summed E-state index contributed by atoms with van der Waals surface area (Å²) < 4.78 is 13.1. The number of thiazole rings is 1. The SMILES string of the molecule is CC(C)CNCc1cnc(CSc2cccc(F)c2)s1. The van der Waals surface area contributed by atoms with E-state index in [4.69, 9.17) is 0 Å². The molecule has 0 aliphatic heterocycles. The number of thioether (sulfide) groups is 1. The number of aromatic nitrogens is 1. The number of hydrogen-bond donors (Lipinski definition) is 1. The van der Waals surface area contributed by atoms with Gasteiger partial charge < -0.3 is 5.32 Å². The zero-order valence-corrected chi connectivity index (χ0v) is 13.4. The molecule has 0 unspecified atom stereocenters. The lowest BCUT2D eigenvalue weighted by atomic mass is 10.2. The van der Waals surface area contributed by atoms with Crippen molar-refractivity contribution in [1.82, 2.24) is 10.3 Å². The zero-order valence-electron chi connectivity index (χ0n) is 11.7. The Kier molecular flexibility index (Phi) is 6.01. The van der Waals surface area contributed by atoms with E-state index in [9.17, 15) is 4.39 Å². The van der Waals surface area contributed by atoms with Gasteiger partial charge in [-0.3, -0.25) is 0 Å². The summed E-state index contributed by atoms with van der Waals surface area (Å²) in [4.78, 5) is 6.61. The van der Waals surface area contributed by atoms with Gasteiger partial charge in [-0.25, -0.2) is 9.37 Å². The molecule has 0 aliphatic carbocycles. The third-order valence-corrected chi connectivity index (χ3v) is 4.80. The molecule has 0 radical (unpaired) electrons. The highest BCUT2D eigenvalue weighted by molar-refractivity contribution is 7.98. The molecule has 2 aromatic rings. The fourth-order valence-electron chi connectivity index (χ4n) is 1.68. The van der Waals surface area contributed by atoms with E-state index in [0.29, 0.717) is 5.92 Å². The summed E-state index contributed by atoms with van der Waals surface area (Å²) in [5.74, 6) is 1.26. The van der Waals surface area contributed by atoms with Crippen molar-refractivity contribution in [3.05, 3.63) is 46.2 Å². The number of nitrogens with zero attached hydrogens (tertiary/aromatic N) is 1. The monoisotopic (exact) mass is 310 g/mol. The van der Waals surface area contributed by atoms with E-state index >= 15 is 0 Å². The summed E-state index contributed by atoms with van der Waals surface area (Å²) in [7, 11) is 0. The highest BCUT2D eigenvalue weighted by Crippen LogP contribution is 2.25. The zero-order chi connectivity index (χ0) is 14.4. The molecule has 2 rings (SSSR count). The number of halogens is 1. The third-order valence-electron chi connectivity index (χ3n) is 2.61. The summed E-state index contributed by atoms with van der Waals surface area (Å²) in [5.41, 5.74) is 0. The van der Waals surface area contributed by atoms with Gasteiger partial charge in [0.05, 0.1) is 5.75 Å². The first-order valence-corrected chi connectivity index (χ1v) is 8.46. The lowest BCUT2D eigenvalue weighted by molar-refractivity contribution is 0.554. The molecule has 2 nitrogen and oxygen atoms in total. The number of nitrogens with one attached hydrogen (secondary N) is 1. The molecular weight excluding hydrogens is 291 g/mol. The van der Waals surface area contributed by atoms with Gasteiger partial charge in [-0.1, -0.05) is 19.9 Å². The first-order valence-electron chi connectivity index (χ1n) is 6.66. The van der Waals surface area contributed by atoms with Crippen LogP contribution < -0.4 is 5.32 Å². The normalized spacial score (nSPS) is 11.2. The van der Waals surface area contributed by atoms with Gasteiger partial charge in [-0.05, 0) is 30.7 Å². The van der Waals surface area contributed by atoms with E-state index < -0.39 is 0 Å². The van der Waals surface area contributed by atoms with Crippen molar-refractivity contribution in [2.45, 2.75) is 31.0 Å². The van der Waals surface area contributed by atoms with Crippen LogP contribution in [-0.2, 0) is 12.3 Å². The second kappa shape index (κ2) is 7.76. The Morgan fingerprint density at radius 3 is 3.00 bits per heavy atom. The van der Waals surface area contributed by atoms with Crippen LogP contribution in [0.4, 0.5) is 4.39 Å². The quantitative estimate of drug-likeness (QED) is 0.771. The minimum absolute atomic E-state index is 0.187. The van der Waals surface area contributed by atoms with Gasteiger partial charge >= 0.3 is 0 Å². The molecule has 1 aromatic carbocycles. The number of benzene rings is 1. The van der Waals surface area contributed by atoms with Gasteiger partial charge in [0.25, 0.3) is 0 Å². The Bertz CT molecular complexity index is 540. The minimum Gasteiger partial charge on any atom is -0.312 e. The molecule has 1 heterocycles. The van der Waals surface area contributed by atoms with Crippen LogP contribution in [0, 0.1) is 11.7 Å². The van der Waals surface area contributed by atoms with Gasteiger partial charge in [-0.15, -0.1) is 23.1 Å². The van der Waals surface area contributed by atoms with Gasteiger partial charge in [0.1, 0.15) is 10.8 Å². The first-order chi connectivity index (χ1) is 9.63. The van der Waals surface area contributed by atoms with Gasteiger partial charge in [-0.2, -0.15) is 0 Å². The van der Waals surface area contributed by atoms with Crippen LogP contribution in [0.25, 0.3) is 0 Å². The Labute approximate surface area is 127 Å². The summed E-state index contributed by atoms with van der Waals surface area (Å²) in [6.07, 6.45) is 1.93. The average Bonchev–Trinajstić information content (AvgIpc) is 2.84. The van der Waals surface area contributed by atoms with E-state index in [1.807, 2.05) is 12.3 Å². The van der Waals surface area contributed by atoms with Crippen molar-refractivity contribution in [1.29, 1.82) is 0 Å². The second-order valence-electron chi connectivity index (χ2n) is 4.99. The average molecular weight is 310 g/mol. The third kappa shape index (κ3) is 5.23. The van der Waals surface area contributed by atoms with E-state index in [1.165, 1.54) is 10.9 Å². The Balaban J connectivity index is 1.80. The predicted molar refractivity (Wildman–Crippen MR) is 84.6 cm³/mol. The summed E-state index contributed by atoms with van der Waals surface area (Å²) in [6.45, 7) is 6.28. The van der Waals surface area contributed by atoms with E-state index in [1.54, 1.807) is 35.2 Å². The number of hydrogen-bond acceptors (Lipinski definition) is 4. The molecule has 0 spiro atoms. The molecule has 0 atom stereocenters. The predicted octanol–water partition coefficient (Wildman–Crippen LogP) is 4.32. The molecule has 1 N–H and O–H groups in total. The van der Waals surface area contributed by atoms with Crippen LogP contribution in [-0.4, -0.2) is 11.5 Å². The van der Waals surface area contributed by atoms with Crippen molar-refractivity contribution in [3.8, 4) is 0 Å². The minimum atomic E-state index is -0.187. The van der Waals surface area contributed by atoms with Crippen LogP contribution in [0.1, 0.15) is 23.7 Å². The Morgan fingerprint density at radius 2 is 2.25 bits per heavy atom. The highest BCUT2D eigenvalue weighted by Gasteiger charge is 2.04. The molecular formula is C15H19FN2S2. The fraction of sp³-hybridized carbons (Fsp3) is 0.400. The summed E-state index contributed by atoms with van der Waals surface area (Å²) in [5, 5.41) is 4.49. The summed E-state index contributed by atoms with van der Waals surface area (Å²) in [6, 6.07) is 6.68. The molecule has 0 aliphatic rings. The Morgan fingerprint density at radius 1 is 1.40 bits per heavy atom. The van der Waals surface area contributed by atoms with Gasteiger partial charge in [0, 0.05) is 22.5 Å². The largest absolute Gasteiger partial charge is 0.312 e. The maximum atomic E-state index is 13.1. The van der Waals surface area contributed by atoms with Crippen molar-refractivity contribution >= 4 is 23.1 Å². The van der Waals surface area contributed by atoms with Crippen molar-refractivity contribution in [2.75, 3.05) is 6.54 Å². The van der Waals surface area contributed by atoms with Gasteiger partial charge in [0.2, 0.25) is 0 Å². The molecule has 0 saturated carbocycles. The van der Waals surface area contributed by atoms with Crippen LogP contribution in [0.3, 0.4) is 0 Å². The molecule has 20 heavy (non-hydrogen) atoms. The molecule has 1 aromatic heterocycles.